The van der Waals surface area contributed by atoms with E-state index in [-0.39, 0.29) is 12.1 Å². The lowest BCUT2D eigenvalue weighted by molar-refractivity contribution is 0.0750. The van der Waals surface area contributed by atoms with E-state index in [2.05, 4.69) is 5.32 Å². The van der Waals surface area contributed by atoms with Crippen LogP contribution >= 0.6 is 11.6 Å². The Morgan fingerprint density at radius 3 is 2.68 bits per heavy atom. The van der Waals surface area contributed by atoms with E-state index in [4.69, 9.17) is 21.4 Å². The molecule has 1 aromatic carbocycles. The van der Waals surface area contributed by atoms with E-state index in [1.807, 2.05) is 26.8 Å². The van der Waals surface area contributed by atoms with Gasteiger partial charge in [0.25, 0.3) is 0 Å². The van der Waals surface area contributed by atoms with Gasteiger partial charge >= 0.3 is 6.09 Å². The Kier molecular flexibility index (Phi) is 5.63. The SMILES string of the molecule is CC(C)(C)NC(=O)OC(CCO)c1cccc(Cl)c1. The first-order valence-electron chi connectivity index (χ1n) is 6.17. The van der Waals surface area contributed by atoms with Crippen molar-refractivity contribution >= 4 is 17.7 Å². The molecule has 0 heterocycles. The van der Waals surface area contributed by atoms with Crippen LogP contribution in [0.1, 0.15) is 38.9 Å². The van der Waals surface area contributed by atoms with Gasteiger partial charge in [-0.25, -0.2) is 4.79 Å². The maximum Gasteiger partial charge on any atom is 0.408 e. The number of hydrogen-bond donors (Lipinski definition) is 2. The maximum atomic E-state index is 11.8. The molecule has 0 aliphatic rings. The van der Waals surface area contributed by atoms with Gasteiger partial charge in [0, 0.05) is 23.6 Å². The maximum absolute atomic E-state index is 11.8. The van der Waals surface area contributed by atoms with Crippen molar-refractivity contribution in [1.29, 1.82) is 0 Å². The molecule has 1 atom stereocenters. The fourth-order valence-electron chi connectivity index (χ4n) is 1.58. The van der Waals surface area contributed by atoms with Crippen LogP contribution in [0.3, 0.4) is 0 Å². The molecule has 0 aliphatic heterocycles. The van der Waals surface area contributed by atoms with Gasteiger partial charge in [-0.2, -0.15) is 0 Å². The Morgan fingerprint density at radius 1 is 1.47 bits per heavy atom. The fourth-order valence-corrected chi connectivity index (χ4v) is 1.78. The lowest BCUT2D eigenvalue weighted by Crippen LogP contribution is -2.41. The van der Waals surface area contributed by atoms with Crippen LogP contribution in [0, 0.1) is 0 Å². The number of alkyl carbamates (subject to hydrolysis) is 1. The van der Waals surface area contributed by atoms with Crippen molar-refractivity contribution in [1.82, 2.24) is 5.32 Å². The molecule has 0 spiro atoms. The molecule has 0 aromatic heterocycles. The first-order valence-corrected chi connectivity index (χ1v) is 6.55. The number of hydrogen-bond acceptors (Lipinski definition) is 3. The van der Waals surface area contributed by atoms with Gasteiger partial charge in [0.1, 0.15) is 6.10 Å². The van der Waals surface area contributed by atoms with E-state index in [1.165, 1.54) is 0 Å². The third kappa shape index (κ3) is 5.94. The molecular weight excluding hydrogens is 266 g/mol. The molecule has 2 N–H and O–H groups in total. The number of ether oxygens (including phenoxy) is 1. The lowest BCUT2D eigenvalue weighted by Gasteiger charge is -2.23. The van der Waals surface area contributed by atoms with E-state index in [9.17, 15) is 4.79 Å². The van der Waals surface area contributed by atoms with Crippen molar-refractivity contribution in [3.63, 3.8) is 0 Å². The smallest absolute Gasteiger partial charge is 0.408 e. The van der Waals surface area contributed by atoms with Crippen LogP contribution in [0.25, 0.3) is 0 Å². The Bertz CT molecular complexity index is 429. The minimum Gasteiger partial charge on any atom is -0.441 e. The molecule has 1 aromatic rings. The molecule has 106 valence electrons. The van der Waals surface area contributed by atoms with Crippen molar-refractivity contribution in [2.45, 2.75) is 38.8 Å². The lowest BCUT2D eigenvalue weighted by atomic mass is 10.1. The number of carbonyl (C=O) groups excluding carboxylic acids is 1. The molecule has 1 unspecified atom stereocenters. The first kappa shape index (κ1) is 15.8. The minimum absolute atomic E-state index is 0.0695. The monoisotopic (exact) mass is 285 g/mol. The highest BCUT2D eigenvalue weighted by Gasteiger charge is 2.20. The molecule has 0 radical (unpaired) electrons. The molecule has 4 nitrogen and oxygen atoms in total. The molecular formula is C14H20ClNO3. The number of aliphatic hydroxyl groups excluding tert-OH is 1. The van der Waals surface area contributed by atoms with Gasteiger partial charge in [-0.15, -0.1) is 0 Å². The summed E-state index contributed by atoms with van der Waals surface area (Å²) in [5, 5.41) is 12.4. The van der Waals surface area contributed by atoms with Crippen LogP contribution in [0.5, 0.6) is 0 Å². The van der Waals surface area contributed by atoms with E-state index in [0.717, 1.165) is 5.56 Å². The summed E-state index contributed by atoms with van der Waals surface area (Å²) in [6, 6.07) is 7.08. The van der Waals surface area contributed by atoms with Gasteiger partial charge in [0.15, 0.2) is 0 Å². The number of benzene rings is 1. The van der Waals surface area contributed by atoms with Gasteiger partial charge in [-0.1, -0.05) is 23.7 Å². The van der Waals surface area contributed by atoms with E-state index >= 15 is 0 Å². The van der Waals surface area contributed by atoms with Crippen molar-refractivity contribution < 1.29 is 14.6 Å². The first-order chi connectivity index (χ1) is 8.81. The second-order valence-electron chi connectivity index (χ2n) is 5.34. The van der Waals surface area contributed by atoms with Crippen LogP contribution in [-0.2, 0) is 4.74 Å². The highest BCUT2D eigenvalue weighted by atomic mass is 35.5. The molecule has 0 aliphatic carbocycles. The quantitative estimate of drug-likeness (QED) is 0.892. The largest absolute Gasteiger partial charge is 0.441 e. The Morgan fingerprint density at radius 2 is 2.16 bits per heavy atom. The molecule has 0 saturated heterocycles. The fraction of sp³-hybridized carbons (Fsp3) is 0.500. The van der Waals surface area contributed by atoms with E-state index in [1.54, 1.807) is 18.2 Å². The van der Waals surface area contributed by atoms with Gasteiger partial charge in [0.05, 0.1) is 0 Å². The molecule has 1 rings (SSSR count). The summed E-state index contributed by atoms with van der Waals surface area (Å²) in [5.41, 5.74) is 0.403. The molecule has 5 heteroatoms. The second-order valence-corrected chi connectivity index (χ2v) is 5.77. The van der Waals surface area contributed by atoms with E-state index < -0.39 is 12.2 Å². The standard InChI is InChI=1S/C14H20ClNO3/c1-14(2,3)16-13(18)19-12(7-8-17)10-5-4-6-11(15)9-10/h4-6,9,12,17H,7-8H2,1-3H3,(H,16,18). The average molecular weight is 286 g/mol. The normalized spacial score (nSPS) is 12.9. The summed E-state index contributed by atoms with van der Waals surface area (Å²) in [6.07, 6.45) is -0.685. The minimum atomic E-state index is -0.508. The summed E-state index contributed by atoms with van der Waals surface area (Å²) in [7, 11) is 0. The zero-order chi connectivity index (χ0) is 14.5. The Hall–Kier alpha value is -1.26. The van der Waals surface area contributed by atoms with Crippen LogP contribution in [0.2, 0.25) is 5.02 Å². The van der Waals surface area contributed by atoms with Crippen LogP contribution in [0.15, 0.2) is 24.3 Å². The van der Waals surface area contributed by atoms with Gasteiger partial charge < -0.3 is 15.2 Å². The van der Waals surface area contributed by atoms with Crippen molar-refractivity contribution in [3.8, 4) is 0 Å². The van der Waals surface area contributed by atoms with Crippen LogP contribution < -0.4 is 5.32 Å². The summed E-state index contributed by atoms with van der Waals surface area (Å²) in [4.78, 5) is 11.8. The van der Waals surface area contributed by atoms with Crippen molar-refractivity contribution in [2.24, 2.45) is 0 Å². The predicted octanol–water partition coefficient (Wildman–Crippen LogP) is 3.29. The van der Waals surface area contributed by atoms with E-state index in [0.29, 0.717) is 11.4 Å². The van der Waals surface area contributed by atoms with Crippen LogP contribution in [-0.4, -0.2) is 23.3 Å². The molecule has 19 heavy (non-hydrogen) atoms. The summed E-state index contributed by atoms with van der Waals surface area (Å²) >= 11 is 5.91. The highest BCUT2D eigenvalue weighted by molar-refractivity contribution is 6.30. The predicted molar refractivity (Wildman–Crippen MR) is 75.3 cm³/mol. The number of nitrogens with one attached hydrogen (secondary N) is 1. The highest BCUT2D eigenvalue weighted by Crippen LogP contribution is 2.24. The molecule has 1 amide bonds. The molecule has 0 bridgehead atoms. The third-order valence-corrected chi connectivity index (χ3v) is 2.57. The summed E-state index contributed by atoms with van der Waals surface area (Å²) in [5.74, 6) is 0. The number of rotatable bonds is 4. The summed E-state index contributed by atoms with van der Waals surface area (Å²) < 4.78 is 5.34. The third-order valence-electron chi connectivity index (χ3n) is 2.34. The van der Waals surface area contributed by atoms with Gasteiger partial charge in [-0.3, -0.25) is 0 Å². The zero-order valence-corrected chi connectivity index (χ0v) is 12.2. The second kappa shape index (κ2) is 6.78. The van der Waals surface area contributed by atoms with Gasteiger partial charge in [0.2, 0.25) is 0 Å². The van der Waals surface area contributed by atoms with Crippen LogP contribution in [0.4, 0.5) is 4.79 Å². The van der Waals surface area contributed by atoms with Crippen molar-refractivity contribution in [3.05, 3.63) is 34.9 Å². The number of carbonyl (C=O) groups is 1. The Balaban J connectivity index is 2.76. The number of amides is 1. The number of halogens is 1. The zero-order valence-electron chi connectivity index (χ0n) is 11.4. The topological polar surface area (TPSA) is 58.6 Å². The van der Waals surface area contributed by atoms with Gasteiger partial charge in [-0.05, 0) is 38.5 Å². The average Bonchev–Trinajstić information content (AvgIpc) is 2.26. The Labute approximate surface area is 118 Å². The molecule has 0 saturated carbocycles. The number of aliphatic hydroxyl groups is 1. The van der Waals surface area contributed by atoms with Crippen molar-refractivity contribution in [2.75, 3.05) is 6.61 Å². The summed E-state index contributed by atoms with van der Waals surface area (Å²) in [6.45, 7) is 5.54. The molecule has 0 fully saturated rings.